The largest absolute Gasteiger partial charge is 0.489 e. The average Bonchev–Trinajstić information content (AvgIpc) is 2.41. The van der Waals surface area contributed by atoms with Crippen molar-refractivity contribution in [3.05, 3.63) is 64.4 Å². The number of halogens is 2. The normalized spacial score (nSPS) is 12.2. The fourth-order valence-electron chi connectivity index (χ4n) is 1.88. The van der Waals surface area contributed by atoms with Crippen LogP contribution >= 0.6 is 11.6 Å². The van der Waals surface area contributed by atoms with Gasteiger partial charge in [-0.15, -0.1) is 0 Å². The molecule has 0 radical (unpaired) electrons. The predicted molar refractivity (Wildman–Crippen MR) is 77.6 cm³/mol. The Bertz CT molecular complexity index is 567. The summed E-state index contributed by atoms with van der Waals surface area (Å²) in [6.45, 7) is 1.96. The van der Waals surface area contributed by atoms with E-state index < -0.39 is 0 Å². The number of benzene rings is 2. The van der Waals surface area contributed by atoms with Crippen LogP contribution in [0.1, 0.15) is 18.1 Å². The van der Waals surface area contributed by atoms with Crippen LogP contribution in [0.15, 0.2) is 42.5 Å². The maximum atomic E-state index is 13.1. The first-order valence-corrected chi connectivity index (χ1v) is 6.76. The summed E-state index contributed by atoms with van der Waals surface area (Å²) in [4.78, 5) is 0. The number of aliphatic hydroxyl groups is 1. The van der Waals surface area contributed by atoms with E-state index in [1.54, 1.807) is 6.92 Å². The van der Waals surface area contributed by atoms with Crippen LogP contribution < -0.4 is 4.74 Å². The molecule has 1 unspecified atom stereocenters. The van der Waals surface area contributed by atoms with Crippen molar-refractivity contribution < 1.29 is 14.2 Å². The van der Waals surface area contributed by atoms with Gasteiger partial charge in [0.2, 0.25) is 0 Å². The van der Waals surface area contributed by atoms with E-state index >= 15 is 0 Å². The maximum absolute atomic E-state index is 13.1. The van der Waals surface area contributed by atoms with Crippen LogP contribution in [0.5, 0.6) is 5.75 Å². The summed E-state index contributed by atoms with van der Waals surface area (Å²) in [7, 11) is 0. The Morgan fingerprint density at radius 3 is 2.55 bits per heavy atom. The zero-order valence-electron chi connectivity index (χ0n) is 11.1. The molecule has 2 nitrogen and oxygen atoms in total. The quantitative estimate of drug-likeness (QED) is 0.904. The Balaban J connectivity index is 1.98. The van der Waals surface area contributed by atoms with Gasteiger partial charge in [0.1, 0.15) is 18.2 Å². The lowest BCUT2D eigenvalue weighted by Gasteiger charge is -2.09. The van der Waals surface area contributed by atoms with Gasteiger partial charge in [-0.2, -0.15) is 0 Å². The van der Waals surface area contributed by atoms with Crippen molar-refractivity contribution in [2.45, 2.75) is 26.1 Å². The van der Waals surface area contributed by atoms with E-state index in [0.29, 0.717) is 22.8 Å². The molecule has 106 valence electrons. The van der Waals surface area contributed by atoms with Crippen molar-refractivity contribution in [3.63, 3.8) is 0 Å². The molecule has 2 rings (SSSR count). The molecule has 2 aromatic rings. The first-order chi connectivity index (χ1) is 9.54. The molecule has 1 atom stereocenters. The SMILES string of the molecule is CC(O)Cc1ccc(OCc2cc(F)ccc2Cl)cc1. The van der Waals surface area contributed by atoms with Crippen molar-refractivity contribution in [2.75, 3.05) is 0 Å². The number of ether oxygens (including phenoxy) is 1. The minimum absolute atomic E-state index is 0.215. The lowest BCUT2D eigenvalue weighted by Crippen LogP contribution is -2.04. The van der Waals surface area contributed by atoms with E-state index in [4.69, 9.17) is 16.3 Å². The fraction of sp³-hybridized carbons (Fsp3) is 0.250. The van der Waals surface area contributed by atoms with E-state index in [9.17, 15) is 9.50 Å². The summed E-state index contributed by atoms with van der Waals surface area (Å²) in [5, 5.41) is 9.79. The molecule has 0 amide bonds. The van der Waals surface area contributed by atoms with Gasteiger partial charge in [0.25, 0.3) is 0 Å². The highest BCUT2D eigenvalue weighted by Gasteiger charge is 2.04. The van der Waals surface area contributed by atoms with Crippen molar-refractivity contribution >= 4 is 11.6 Å². The Morgan fingerprint density at radius 1 is 1.20 bits per heavy atom. The topological polar surface area (TPSA) is 29.5 Å². The van der Waals surface area contributed by atoms with Gasteiger partial charge in [-0.05, 0) is 49.2 Å². The van der Waals surface area contributed by atoms with Gasteiger partial charge in [-0.1, -0.05) is 23.7 Å². The monoisotopic (exact) mass is 294 g/mol. The number of hydrogen-bond acceptors (Lipinski definition) is 2. The number of rotatable bonds is 5. The molecule has 4 heteroatoms. The van der Waals surface area contributed by atoms with Gasteiger partial charge >= 0.3 is 0 Å². The Morgan fingerprint density at radius 2 is 1.90 bits per heavy atom. The first kappa shape index (κ1) is 14.8. The van der Waals surface area contributed by atoms with Crippen LogP contribution in [0.3, 0.4) is 0 Å². The summed E-state index contributed by atoms with van der Waals surface area (Å²) in [5.41, 5.74) is 1.65. The van der Waals surface area contributed by atoms with Crippen molar-refractivity contribution in [1.82, 2.24) is 0 Å². The van der Waals surface area contributed by atoms with Gasteiger partial charge in [0.15, 0.2) is 0 Å². The summed E-state index contributed by atoms with van der Waals surface area (Å²) < 4.78 is 18.7. The molecule has 0 bridgehead atoms. The Labute approximate surface area is 122 Å². The van der Waals surface area contributed by atoms with Gasteiger partial charge in [0.05, 0.1) is 6.10 Å². The Hall–Kier alpha value is -1.58. The van der Waals surface area contributed by atoms with E-state index in [1.807, 2.05) is 24.3 Å². The highest BCUT2D eigenvalue weighted by atomic mass is 35.5. The van der Waals surface area contributed by atoms with Crippen LogP contribution in [-0.2, 0) is 13.0 Å². The highest BCUT2D eigenvalue weighted by molar-refractivity contribution is 6.31. The molecule has 0 heterocycles. The van der Waals surface area contributed by atoms with Gasteiger partial charge in [-0.3, -0.25) is 0 Å². The van der Waals surface area contributed by atoms with Crippen LogP contribution in [0, 0.1) is 5.82 Å². The molecule has 0 aliphatic heterocycles. The lowest BCUT2D eigenvalue weighted by molar-refractivity contribution is 0.195. The maximum Gasteiger partial charge on any atom is 0.123 e. The minimum Gasteiger partial charge on any atom is -0.489 e. The van der Waals surface area contributed by atoms with Gasteiger partial charge in [0, 0.05) is 10.6 Å². The van der Waals surface area contributed by atoms with Crippen molar-refractivity contribution in [2.24, 2.45) is 0 Å². The zero-order chi connectivity index (χ0) is 14.5. The molecule has 20 heavy (non-hydrogen) atoms. The number of hydrogen-bond donors (Lipinski definition) is 1. The summed E-state index contributed by atoms with van der Waals surface area (Å²) >= 11 is 5.97. The Kier molecular flexibility index (Phi) is 4.99. The van der Waals surface area contributed by atoms with Crippen LogP contribution in [-0.4, -0.2) is 11.2 Å². The third-order valence-corrected chi connectivity index (χ3v) is 3.23. The third kappa shape index (κ3) is 4.22. The van der Waals surface area contributed by atoms with Crippen LogP contribution in [0.4, 0.5) is 4.39 Å². The second kappa shape index (κ2) is 6.73. The van der Waals surface area contributed by atoms with Gasteiger partial charge < -0.3 is 9.84 Å². The third-order valence-electron chi connectivity index (χ3n) is 2.86. The van der Waals surface area contributed by atoms with Crippen LogP contribution in [0.25, 0.3) is 0 Å². The fourth-order valence-corrected chi connectivity index (χ4v) is 2.05. The van der Waals surface area contributed by atoms with E-state index in [-0.39, 0.29) is 18.5 Å². The molecule has 0 aromatic heterocycles. The second-order valence-electron chi connectivity index (χ2n) is 4.72. The van der Waals surface area contributed by atoms with Gasteiger partial charge in [-0.25, -0.2) is 4.39 Å². The molecular formula is C16H16ClFO2. The molecule has 0 saturated carbocycles. The highest BCUT2D eigenvalue weighted by Crippen LogP contribution is 2.20. The predicted octanol–water partition coefficient (Wildman–Crippen LogP) is 3.98. The van der Waals surface area contributed by atoms with Crippen LogP contribution in [0.2, 0.25) is 5.02 Å². The van der Waals surface area contributed by atoms with Crippen molar-refractivity contribution in [3.8, 4) is 5.75 Å². The molecule has 1 N–H and O–H groups in total. The molecule has 0 spiro atoms. The lowest BCUT2D eigenvalue weighted by atomic mass is 10.1. The molecule has 2 aromatic carbocycles. The zero-order valence-corrected chi connectivity index (χ0v) is 11.9. The van der Waals surface area contributed by atoms with E-state index in [0.717, 1.165) is 5.56 Å². The second-order valence-corrected chi connectivity index (χ2v) is 5.13. The first-order valence-electron chi connectivity index (χ1n) is 6.38. The smallest absolute Gasteiger partial charge is 0.123 e. The molecular weight excluding hydrogens is 279 g/mol. The average molecular weight is 295 g/mol. The number of aliphatic hydroxyl groups excluding tert-OH is 1. The molecule has 0 aliphatic carbocycles. The molecule has 0 aliphatic rings. The summed E-state index contributed by atoms with van der Waals surface area (Å²) in [6.07, 6.45) is 0.239. The minimum atomic E-state index is -0.368. The van der Waals surface area contributed by atoms with E-state index in [2.05, 4.69) is 0 Å². The van der Waals surface area contributed by atoms with E-state index in [1.165, 1.54) is 18.2 Å². The van der Waals surface area contributed by atoms with Crippen molar-refractivity contribution in [1.29, 1.82) is 0 Å². The summed E-state index contributed by atoms with van der Waals surface area (Å²) in [6, 6.07) is 11.6. The standard InChI is InChI=1S/C16H16ClFO2/c1-11(19)8-12-2-5-15(6-3-12)20-10-13-9-14(18)4-7-16(13)17/h2-7,9,11,19H,8,10H2,1H3. The molecule has 0 saturated heterocycles. The summed E-state index contributed by atoms with van der Waals surface area (Å²) in [5.74, 6) is 0.347. The molecule has 0 fully saturated rings.